The van der Waals surface area contributed by atoms with Crippen LogP contribution in [0.3, 0.4) is 0 Å². The second-order valence-electron chi connectivity index (χ2n) is 4.38. The third-order valence-corrected chi connectivity index (χ3v) is 3.04. The molecular weight excluding hydrogens is 240 g/mol. The summed E-state index contributed by atoms with van der Waals surface area (Å²) in [6.07, 6.45) is 1.52. The van der Waals surface area contributed by atoms with Gasteiger partial charge < -0.3 is 5.32 Å². The molecule has 0 fully saturated rings. The maximum atomic E-state index is 4.25. The lowest BCUT2D eigenvalue weighted by Gasteiger charge is -2.14. The number of rotatable bonds is 3. The van der Waals surface area contributed by atoms with E-state index in [1.807, 2.05) is 25.2 Å². The lowest BCUT2D eigenvalue weighted by molar-refractivity contribution is 0.729. The van der Waals surface area contributed by atoms with Crippen molar-refractivity contribution in [3.63, 3.8) is 0 Å². The summed E-state index contributed by atoms with van der Waals surface area (Å²) in [7, 11) is 1.81. The maximum absolute atomic E-state index is 4.25. The van der Waals surface area contributed by atoms with Crippen LogP contribution in [0.2, 0.25) is 0 Å². The molecule has 1 aromatic carbocycles. The summed E-state index contributed by atoms with van der Waals surface area (Å²) in [5.74, 6) is 0.703. The standard InChI is InChI=1S/C13H14N6/c1-9(10-6-4-3-5-7-10)16-12-11-13(15-8-14-12)19(2)18-17-11/h3-9H,1-2H3,(H,14,15,16)/t9-/m1/s1. The fourth-order valence-corrected chi connectivity index (χ4v) is 1.99. The van der Waals surface area contributed by atoms with E-state index in [2.05, 4.69) is 44.7 Å². The summed E-state index contributed by atoms with van der Waals surface area (Å²) in [6, 6.07) is 10.3. The van der Waals surface area contributed by atoms with E-state index in [-0.39, 0.29) is 6.04 Å². The number of hydrogen-bond donors (Lipinski definition) is 1. The van der Waals surface area contributed by atoms with Gasteiger partial charge in [0.15, 0.2) is 17.0 Å². The number of benzene rings is 1. The number of hydrogen-bond acceptors (Lipinski definition) is 5. The quantitative estimate of drug-likeness (QED) is 0.773. The van der Waals surface area contributed by atoms with Gasteiger partial charge in [-0.05, 0) is 12.5 Å². The summed E-state index contributed by atoms with van der Waals surface area (Å²) >= 11 is 0. The van der Waals surface area contributed by atoms with E-state index < -0.39 is 0 Å². The molecule has 3 rings (SSSR count). The Kier molecular flexibility index (Phi) is 2.83. The molecule has 1 atom stereocenters. The highest BCUT2D eigenvalue weighted by atomic mass is 15.4. The monoisotopic (exact) mass is 254 g/mol. The molecule has 0 amide bonds. The number of aryl methyl sites for hydroxylation is 1. The minimum Gasteiger partial charge on any atom is -0.362 e. The first kappa shape index (κ1) is 11.6. The summed E-state index contributed by atoms with van der Waals surface area (Å²) in [6.45, 7) is 2.08. The maximum Gasteiger partial charge on any atom is 0.183 e. The summed E-state index contributed by atoms with van der Waals surface area (Å²) < 4.78 is 1.63. The Morgan fingerprint density at radius 2 is 1.95 bits per heavy atom. The fourth-order valence-electron chi connectivity index (χ4n) is 1.99. The molecule has 96 valence electrons. The molecule has 6 nitrogen and oxygen atoms in total. The van der Waals surface area contributed by atoms with E-state index in [0.29, 0.717) is 11.3 Å². The van der Waals surface area contributed by atoms with Crippen molar-refractivity contribution < 1.29 is 0 Å². The van der Waals surface area contributed by atoms with Gasteiger partial charge in [0.25, 0.3) is 0 Å². The molecule has 0 unspecified atom stereocenters. The Labute approximate surface area is 110 Å². The number of nitrogens with one attached hydrogen (secondary N) is 1. The number of aromatic nitrogens is 5. The van der Waals surface area contributed by atoms with Crippen LogP contribution in [0.15, 0.2) is 36.7 Å². The third kappa shape index (κ3) is 2.12. The average molecular weight is 254 g/mol. The molecule has 2 aromatic heterocycles. The molecule has 2 heterocycles. The molecule has 6 heteroatoms. The van der Waals surface area contributed by atoms with Crippen molar-refractivity contribution in [2.24, 2.45) is 7.05 Å². The Morgan fingerprint density at radius 1 is 1.16 bits per heavy atom. The molecular formula is C13H14N6. The van der Waals surface area contributed by atoms with Crippen LogP contribution in [-0.2, 0) is 7.05 Å². The normalized spacial score (nSPS) is 12.5. The van der Waals surface area contributed by atoms with Crippen LogP contribution in [0.4, 0.5) is 5.82 Å². The molecule has 0 saturated heterocycles. The Morgan fingerprint density at radius 3 is 2.74 bits per heavy atom. The van der Waals surface area contributed by atoms with Crippen molar-refractivity contribution in [3.05, 3.63) is 42.2 Å². The van der Waals surface area contributed by atoms with Crippen LogP contribution < -0.4 is 5.32 Å². The third-order valence-electron chi connectivity index (χ3n) is 3.04. The van der Waals surface area contributed by atoms with Gasteiger partial charge in [0.05, 0.1) is 6.04 Å². The van der Waals surface area contributed by atoms with Crippen LogP contribution in [-0.4, -0.2) is 25.0 Å². The van der Waals surface area contributed by atoms with E-state index in [4.69, 9.17) is 0 Å². The van der Waals surface area contributed by atoms with Gasteiger partial charge in [-0.2, -0.15) is 0 Å². The van der Waals surface area contributed by atoms with E-state index in [1.54, 1.807) is 4.68 Å². The molecule has 1 N–H and O–H groups in total. The van der Waals surface area contributed by atoms with Crippen LogP contribution in [0, 0.1) is 0 Å². The van der Waals surface area contributed by atoms with Crippen LogP contribution in [0.1, 0.15) is 18.5 Å². The van der Waals surface area contributed by atoms with Crippen LogP contribution >= 0.6 is 0 Å². The predicted molar refractivity (Wildman–Crippen MR) is 72.6 cm³/mol. The van der Waals surface area contributed by atoms with Crippen molar-refractivity contribution in [3.8, 4) is 0 Å². The molecule has 0 spiro atoms. The van der Waals surface area contributed by atoms with Crippen LogP contribution in [0.25, 0.3) is 11.2 Å². The second-order valence-corrected chi connectivity index (χ2v) is 4.38. The van der Waals surface area contributed by atoms with Crippen molar-refractivity contribution in [1.82, 2.24) is 25.0 Å². The minimum atomic E-state index is 0.140. The Hall–Kier alpha value is -2.50. The highest BCUT2D eigenvalue weighted by Crippen LogP contribution is 2.21. The molecule has 0 aliphatic carbocycles. The molecule has 0 aliphatic heterocycles. The van der Waals surface area contributed by atoms with Crippen LogP contribution in [0.5, 0.6) is 0 Å². The molecule has 0 bridgehead atoms. The molecule has 0 saturated carbocycles. The van der Waals surface area contributed by atoms with Gasteiger partial charge in [0, 0.05) is 7.05 Å². The zero-order valence-electron chi connectivity index (χ0n) is 10.8. The lowest BCUT2D eigenvalue weighted by atomic mass is 10.1. The van der Waals surface area contributed by atoms with E-state index in [0.717, 1.165) is 5.65 Å². The second kappa shape index (κ2) is 4.64. The van der Waals surface area contributed by atoms with Gasteiger partial charge in [-0.1, -0.05) is 35.5 Å². The first-order valence-electron chi connectivity index (χ1n) is 6.07. The average Bonchev–Trinajstić information content (AvgIpc) is 2.83. The Bertz CT molecular complexity index is 691. The number of fused-ring (bicyclic) bond motifs is 1. The fraction of sp³-hybridized carbons (Fsp3) is 0.231. The molecule has 19 heavy (non-hydrogen) atoms. The Balaban J connectivity index is 1.93. The topological polar surface area (TPSA) is 68.5 Å². The van der Waals surface area contributed by atoms with Gasteiger partial charge >= 0.3 is 0 Å². The van der Waals surface area contributed by atoms with Gasteiger partial charge in [-0.25, -0.2) is 14.6 Å². The first-order valence-corrected chi connectivity index (χ1v) is 6.07. The highest BCUT2D eigenvalue weighted by molar-refractivity contribution is 5.81. The summed E-state index contributed by atoms with van der Waals surface area (Å²) in [5.41, 5.74) is 2.60. The van der Waals surface area contributed by atoms with E-state index >= 15 is 0 Å². The summed E-state index contributed by atoms with van der Waals surface area (Å²) in [5, 5.41) is 11.4. The number of anilines is 1. The van der Waals surface area contributed by atoms with Crippen molar-refractivity contribution >= 4 is 17.0 Å². The first-order chi connectivity index (χ1) is 9.25. The largest absolute Gasteiger partial charge is 0.362 e. The van der Waals surface area contributed by atoms with Gasteiger partial charge in [-0.3, -0.25) is 0 Å². The smallest absolute Gasteiger partial charge is 0.183 e. The van der Waals surface area contributed by atoms with Crippen molar-refractivity contribution in [2.45, 2.75) is 13.0 Å². The van der Waals surface area contributed by atoms with Gasteiger partial charge in [0.1, 0.15) is 6.33 Å². The lowest BCUT2D eigenvalue weighted by Crippen LogP contribution is -2.08. The zero-order chi connectivity index (χ0) is 13.2. The van der Waals surface area contributed by atoms with E-state index in [9.17, 15) is 0 Å². The zero-order valence-corrected chi connectivity index (χ0v) is 10.8. The van der Waals surface area contributed by atoms with Crippen molar-refractivity contribution in [1.29, 1.82) is 0 Å². The van der Waals surface area contributed by atoms with Gasteiger partial charge in [0.2, 0.25) is 0 Å². The predicted octanol–water partition coefficient (Wildman–Crippen LogP) is 1.93. The SMILES string of the molecule is C[C@@H](Nc1ncnc2c1nnn2C)c1ccccc1. The highest BCUT2D eigenvalue weighted by Gasteiger charge is 2.12. The molecule has 0 radical (unpaired) electrons. The summed E-state index contributed by atoms with van der Waals surface area (Å²) in [4.78, 5) is 8.42. The van der Waals surface area contributed by atoms with Crippen molar-refractivity contribution in [2.75, 3.05) is 5.32 Å². The van der Waals surface area contributed by atoms with Gasteiger partial charge in [-0.15, -0.1) is 5.10 Å². The number of nitrogens with zero attached hydrogens (tertiary/aromatic N) is 5. The minimum absolute atomic E-state index is 0.140. The molecule has 3 aromatic rings. The van der Waals surface area contributed by atoms with E-state index in [1.165, 1.54) is 11.9 Å². The molecule has 0 aliphatic rings.